The molecule has 0 saturated heterocycles. The molecular formula is C20H29NO4S. The third-order valence-electron chi connectivity index (χ3n) is 7.00. The van der Waals surface area contributed by atoms with Crippen LogP contribution in [-0.4, -0.2) is 28.7 Å². The van der Waals surface area contributed by atoms with Gasteiger partial charge in [-0.15, -0.1) is 0 Å². The molecule has 1 N–H and O–H groups in total. The van der Waals surface area contributed by atoms with Crippen molar-refractivity contribution in [2.75, 3.05) is 14.2 Å². The van der Waals surface area contributed by atoms with Crippen molar-refractivity contribution in [3.05, 3.63) is 18.2 Å². The molecule has 1 atom stereocenters. The maximum Gasteiger partial charge on any atom is 0.244 e. The van der Waals surface area contributed by atoms with Crippen LogP contribution < -0.4 is 14.2 Å². The van der Waals surface area contributed by atoms with E-state index in [1.165, 1.54) is 58.8 Å². The number of hydrogen-bond acceptors (Lipinski definition) is 4. The van der Waals surface area contributed by atoms with Crippen LogP contribution in [0.2, 0.25) is 0 Å². The van der Waals surface area contributed by atoms with Crippen LogP contribution in [-0.2, 0) is 10.0 Å². The normalized spacial score (nSPS) is 33.9. The molecule has 5 rings (SSSR count). The van der Waals surface area contributed by atoms with Gasteiger partial charge in [0.1, 0.15) is 16.4 Å². The Kier molecular flexibility index (Phi) is 4.47. The number of nitrogens with one attached hydrogen (secondary N) is 1. The lowest BCUT2D eigenvalue weighted by atomic mass is 9.48. The number of methoxy groups -OCH3 is 2. The average Bonchev–Trinajstić information content (AvgIpc) is 2.59. The van der Waals surface area contributed by atoms with Gasteiger partial charge < -0.3 is 9.47 Å². The summed E-state index contributed by atoms with van der Waals surface area (Å²) < 4.78 is 39.8. The molecule has 0 radical (unpaired) electrons. The molecule has 1 aromatic carbocycles. The van der Waals surface area contributed by atoms with E-state index in [4.69, 9.17) is 9.47 Å². The van der Waals surface area contributed by atoms with Gasteiger partial charge in [0.15, 0.2) is 0 Å². The molecule has 0 amide bonds. The van der Waals surface area contributed by atoms with Gasteiger partial charge in [0.25, 0.3) is 0 Å². The molecule has 0 spiro atoms. The number of benzene rings is 1. The zero-order valence-corrected chi connectivity index (χ0v) is 16.6. The van der Waals surface area contributed by atoms with Crippen molar-refractivity contribution in [2.45, 2.75) is 56.4 Å². The van der Waals surface area contributed by atoms with Crippen molar-refractivity contribution in [1.82, 2.24) is 4.72 Å². The molecule has 4 aliphatic carbocycles. The van der Waals surface area contributed by atoms with Crippen LogP contribution in [0.25, 0.3) is 0 Å². The maximum absolute atomic E-state index is 13.1. The van der Waals surface area contributed by atoms with Gasteiger partial charge in [-0.05, 0) is 80.8 Å². The summed E-state index contributed by atoms with van der Waals surface area (Å²) in [7, 11) is -0.663. The largest absolute Gasteiger partial charge is 0.497 e. The average molecular weight is 380 g/mol. The summed E-state index contributed by atoms with van der Waals surface area (Å²) in [6, 6.07) is 4.81. The third-order valence-corrected chi connectivity index (χ3v) is 8.56. The highest BCUT2D eigenvalue weighted by molar-refractivity contribution is 7.89. The van der Waals surface area contributed by atoms with Crippen molar-refractivity contribution < 1.29 is 17.9 Å². The van der Waals surface area contributed by atoms with Crippen molar-refractivity contribution in [3.8, 4) is 11.5 Å². The van der Waals surface area contributed by atoms with Crippen LogP contribution >= 0.6 is 0 Å². The first-order valence-corrected chi connectivity index (χ1v) is 11.1. The predicted octanol–water partition coefficient (Wildman–Crippen LogP) is 3.59. The Morgan fingerprint density at radius 2 is 1.62 bits per heavy atom. The molecule has 5 nitrogen and oxygen atoms in total. The summed E-state index contributed by atoms with van der Waals surface area (Å²) in [5, 5.41) is 0. The Bertz CT molecular complexity index is 754. The second-order valence-electron chi connectivity index (χ2n) is 8.64. The van der Waals surface area contributed by atoms with Gasteiger partial charge >= 0.3 is 0 Å². The molecule has 4 saturated carbocycles. The molecule has 0 aromatic heterocycles. The van der Waals surface area contributed by atoms with Gasteiger partial charge in [-0.1, -0.05) is 0 Å². The molecule has 4 aliphatic rings. The lowest BCUT2D eigenvalue weighted by Gasteiger charge is -2.59. The fraction of sp³-hybridized carbons (Fsp3) is 0.700. The van der Waals surface area contributed by atoms with Crippen LogP contribution in [0.5, 0.6) is 11.5 Å². The van der Waals surface area contributed by atoms with E-state index in [2.05, 4.69) is 11.6 Å². The highest BCUT2D eigenvalue weighted by Crippen LogP contribution is 2.61. The summed E-state index contributed by atoms with van der Waals surface area (Å²) >= 11 is 0. The highest BCUT2D eigenvalue weighted by Gasteiger charge is 2.53. The Labute approximate surface area is 156 Å². The van der Waals surface area contributed by atoms with E-state index in [1.54, 1.807) is 12.1 Å². The molecular weight excluding hydrogens is 350 g/mol. The second-order valence-corrected chi connectivity index (χ2v) is 10.3. The molecule has 0 heterocycles. The van der Waals surface area contributed by atoms with Gasteiger partial charge in [-0.2, -0.15) is 0 Å². The van der Waals surface area contributed by atoms with Crippen LogP contribution in [0.1, 0.15) is 45.4 Å². The Hall–Kier alpha value is -1.27. The molecule has 26 heavy (non-hydrogen) atoms. The highest BCUT2D eigenvalue weighted by atomic mass is 32.2. The fourth-order valence-electron chi connectivity index (χ4n) is 6.12. The van der Waals surface area contributed by atoms with Crippen LogP contribution in [0, 0.1) is 23.2 Å². The predicted molar refractivity (Wildman–Crippen MR) is 99.9 cm³/mol. The summed E-state index contributed by atoms with van der Waals surface area (Å²) in [4.78, 5) is 0.149. The number of rotatable bonds is 6. The molecule has 6 heteroatoms. The summed E-state index contributed by atoms with van der Waals surface area (Å²) in [6.07, 6.45) is 7.54. The van der Waals surface area contributed by atoms with E-state index < -0.39 is 10.0 Å². The van der Waals surface area contributed by atoms with Crippen LogP contribution in [0.3, 0.4) is 0 Å². The zero-order valence-electron chi connectivity index (χ0n) is 15.8. The number of sulfonamides is 1. The first kappa shape index (κ1) is 18.1. The van der Waals surface area contributed by atoms with Gasteiger partial charge in [0.05, 0.1) is 14.2 Å². The third kappa shape index (κ3) is 3.01. The van der Waals surface area contributed by atoms with Gasteiger partial charge in [-0.25, -0.2) is 13.1 Å². The second kappa shape index (κ2) is 6.41. The van der Waals surface area contributed by atoms with Gasteiger partial charge in [-0.3, -0.25) is 0 Å². The molecule has 1 unspecified atom stereocenters. The minimum atomic E-state index is -3.68. The quantitative estimate of drug-likeness (QED) is 0.820. The van der Waals surface area contributed by atoms with E-state index in [0.29, 0.717) is 11.5 Å². The SMILES string of the molecule is COc1ccc(OC)c(S(=O)(=O)NC(C)C23CC4CC(CC(C4)C2)C3)c1. The Morgan fingerprint density at radius 1 is 1.04 bits per heavy atom. The lowest BCUT2D eigenvalue weighted by Crippen LogP contribution is -2.55. The monoisotopic (exact) mass is 379 g/mol. The van der Waals surface area contributed by atoms with Crippen molar-refractivity contribution in [1.29, 1.82) is 0 Å². The molecule has 0 aliphatic heterocycles. The zero-order chi connectivity index (χ0) is 18.5. The minimum absolute atomic E-state index is 0.0724. The number of ether oxygens (including phenoxy) is 2. The van der Waals surface area contributed by atoms with Gasteiger partial charge in [0.2, 0.25) is 10.0 Å². The molecule has 4 fully saturated rings. The van der Waals surface area contributed by atoms with E-state index in [9.17, 15) is 8.42 Å². The Morgan fingerprint density at radius 3 is 2.12 bits per heavy atom. The van der Waals surface area contributed by atoms with Crippen LogP contribution in [0.4, 0.5) is 0 Å². The van der Waals surface area contributed by atoms with Crippen molar-refractivity contribution >= 4 is 10.0 Å². The Balaban J connectivity index is 1.60. The summed E-state index contributed by atoms with van der Waals surface area (Å²) in [6.45, 7) is 2.05. The summed E-state index contributed by atoms with van der Waals surface area (Å²) in [5.41, 5.74) is 0.119. The molecule has 1 aromatic rings. The first-order valence-electron chi connectivity index (χ1n) is 9.59. The van der Waals surface area contributed by atoms with E-state index >= 15 is 0 Å². The van der Waals surface area contributed by atoms with E-state index in [1.807, 2.05) is 0 Å². The standard InChI is InChI=1S/C20H29NO4S/c1-13(20-10-14-6-15(11-20)8-16(7-14)12-20)21-26(22,23)19-9-17(24-2)4-5-18(19)25-3/h4-5,9,13-16,21H,6-8,10-12H2,1-3H3. The lowest BCUT2D eigenvalue weighted by molar-refractivity contribution is -0.0666. The minimum Gasteiger partial charge on any atom is -0.497 e. The summed E-state index contributed by atoms with van der Waals surface area (Å²) in [5.74, 6) is 3.23. The molecule has 144 valence electrons. The van der Waals surface area contributed by atoms with Gasteiger partial charge in [0, 0.05) is 12.1 Å². The smallest absolute Gasteiger partial charge is 0.244 e. The van der Waals surface area contributed by atoms with Crippen molar-refractivity contribution in [3.63, 3.8) is 0 Å². The first-order chi connectivity index (χ1) is 12.3. The topological polar surface area (TPSA) is 64.6 Å². The van der Waals surface area contributed by atoms with Crippen LogP contribution in [0.15, 0.2) is 23.1 Å². The van der Waals surface area contributed by atoms with E-state index in [0.717, 1.165) is 17.8 Å². The maximum atomic E-state index is 13.1. The van der Waals surface area contributed by atoms with E-state index in [-0.39, 0.29) is 16.4 Å². The van der Waals surface area contributed by atoms with Crippen molar-refractivity contribution in [2.24, 2.45) is 23.2 Å². The molecule has 4 bridgehead atoms. The number of hydrogen-bond donors (Lipinski definition) is 1. The fourth-order valence-corrected chi connectivity index (χ4v) is 7.65.